The van der Waals surface area contributed by atoms with Crippen LogP contribution in [0.1, 0.15) is 17.3 Å². The van der Waals surface area contributed by atoms with E-state index in [4.69, 9.17) is 4.74 Å². The van der Waals surface area contributed by atoms with E-state index in [0.29, 0.717) is 6.61 Å². The van der Waals surface area contributed by atoms with Crippen LogP contribution in [0, 0.1) is 0 Å². The minimum atomic E-state index is -0.496. The van der Waals surface area contributed by atoms with Gasteiger partial charge in [-0.3, -0.25) is 0 Å². The maximum atomic E-state index is 11.1. The molecule has 0 bridgehead atoms. The van der Waals surface area contributed by atoms with E-state index in [1.54, 1.807) is 0 Å². The molecule has 1 aromatic heterocycles. The van der Waals surface area contributed by atoms with Crippen LogP contribution in [0.2, 0.25) is 0 Å². The first kappa shape index (κ1) is 9.44. The highest BCUT2D eigenvalue weighted by atomic mass is 16.5. The first-order valence-corrected chi connectivity index (χ1v) is 3.80. The molecule has 0 saturated heterocycles. The van der Waals surface area contributed by atoms with Crippen molar-refractivity contribution in [3.63, 3.8) is 0 Å². The Bertz CT molecular complexity index is 301. The van der Waals surface area contributed by atoms with Gasteiger partial charge in [0.25, 0.3) is 0 Å². The second kappa shape index (κ2) is 4.39. The Morgan fingerprint density at radius 3 is 3.00 bits per heavy atom. The fourth-order valence-electron chi connectivity index (χ4n) is 0.820. The highest BCUT2D eigenvalue weighted by molar-refractivity contribution is 5.91. The number of carbonyl (C=O) groups is 1. The monoisotopic (exact) mass is 182 g/mol. The van der Waals surface area contributed by atoms with Crippen LogP contribution in [0.4, 0.5) is 0 Å². The van der Waals surface area contributed by atoms with Gasteiger partial charge in [-0.15, -0.1) is 0 Å². The van der Waals surface area contributed by atoms with Gasteiger partial charge in [-0.2, -0.15) is 0 Å². The first-order chi connectivity index (χ1) is 6.29. The lowest BCUT2D eigenvalue weighted by molar-refractivity contribution is 0.0594. The van der Waals surface area contributed by atoms with Gasteiger partial charge in [0.1, 0.15) is 11.9 Å². The fourth-order valence-corrected chi connectivity index (χ4v) is 0.820. The van der Waals surface area contributed by atoms with Gasteiger partial charge < -0.3 is 9.47 Å². The van der Waals surface area contributed by atoms with Crippen molar-refractivity contribution in [2.24, 2.45) is 0 Å². The van der Waals surface area contributed by atoms with Gasteiger partial charge in [0.2, 0.25) is 5.88 Å². The van der Waals surface area contributed by atoms with Crippen LogP contribution < -0.4 is 4.74 Å². The van der Waals surface area contributed by atoms with Gasteiger partial charge in [-0.1, -0.05) is 0 Å². The summed E-state index contributed by atoms with van der Waals surface area (Å²) in [4.78, 5) is 18.6. The molecule has 5 nitrogen and oxygen atoms in total. The average molecular weight is 182 g/mol. The zero-order valence-electron chi connectivity index (χ0n) is 7.48. The molecule has 0 aromatic carbocycles. The van der Waals surface area contributed by atoms with Gasteiger partial charge >= 0.3 is 5.97 Å². The SMILES string of the molecule is CCOc1ncncc1C(=O)OC. The summed E-state index contributed by atoms with van der Waals surface area (Å²) in [7, 11) is 1.30. The molecule has 0 unspecified atom stereocenters. The van der Waals surface area contributed by atoms with Crippen LogP contribution in [-0.2, 0) is 4.74 Å². The molecule has 0 saturated carbocycles. The van der Waals surface area contributed by atoms with Crippen molar-refractivity contribution >= 4 is 5.97 Å². The van der Waals surface area contributed by atoms with E-state index in [2.05, 4.69) is 14.7 Å². The number of esters is 1. The predicted molar refractivity (Wildman–Crippen MR) is 44.5 cm³/mol. The summed E-state index contributed by atoms with van der Waals surface area (Å²) in [5.74, 6) is -0.242. The summed E-state index contributed by atoms with van der Waals surface area (Å²) in [6, 6.07) is 0. The molecule has 0 N–H and O–H groups in total. The number of carbonyl (C=O) groups excluding carboxylic acids is 1. The Hall–Kier alpha value is -1.65. The Balaban J connectivity index is 2.97. The number of aromatic nitrogens is 2. The molecule has 0 aliphatic rings. The lowest BCUT2D eigenvalue weighted by atomic mass is 10.3. The van der Waals surface area contributed by atoms with E-state index in [1.807, 2.05) is 6.92 Å². The lowest BCUT2D eigenvalue weighted by Gasteiger charge is -2.05. The van der Waals surface area contributed by atoms with E-state index in [1.165, 1.54) is 19.6 Å². The first-order valence-electron chi connectivity index (χ1n) is 3.80. The molecule has 0 amide bonds. The standard InChI is InChI=1S/C8H10N2O3/c1-3-13-7-6(8(11)12-2)4-9-5-10-7/h4-5H,3H2,1-2H3. The molecular formula is C8H10N2O3. The van der Waals surface area contributed by atoms with Gasteiger partial charge in [-0.25, -0.2) is 14.8 Å². The Labute approximate surface area is 75.7 Å². The molecule has 0 atom stereocenters. The summed E-state index contributed by atoms with van der Waals surface area (Å²) in [5.41, 5.74) is 0.242. The maximum Gasteiger partial charge on any atom is 0.344 e. The summed E-state index contributed by atoms with van der Waals surface area (Å²) in [5, 5.41) is 0. The smallest absolute Gasteiger partial charge is 0.344 e. The quantitative estimate of drug-likeness (QED) is 0.642. The van der Waals surface area contributed by atoms with Crippen molar-refractivity contribution in [1.29, 1.82) is 0 Å². The molecule has 1 aromatic rings. The normalized spacial score (nSPS) is 9.38. The second-order valence-corrected chi connectivity index (χ2v) is 2.17. The molecule has 0 aliphatic heterocycles. The molecule has 0 radical (unpaired) electrons. The molecule has 1 heterocycles. The predicted octanol–water partition coefficient (Wildman–Crippen LogP) is 0.662. The van der Waals surface area contributed by atoms with E-state index in [-0.39, 0.29) is 11.4 Å². The van der Waals surface area contributed by atoms with Crippen LogP contribution in [0.3, 0.4) is 0 Å². The topological polar surface area (TPSA) is 61.3 Å². The Morgan fingerprint density at radius 2 is 2.38 bits per heavy atom. The van der Waals surface area contributed by atoms with Crippen molar-refractivity contribution in [2.75, 3.05) is 13.7 Å². The van der Waals surface area contributed by atoms with Crippen molar-refractivity contribution < 1.29 is 14.3 Å². The third-order valence-electron chi connectivity index (χ3n) is 1.36. The Morgan fingerprint density at radius 1 is 1.62 bits per heavy atom. The largest absolute Gasteiger partial charge is 0.477 e. The molecule has 0 aliphatic carbocycles. The van der Waals surface area contributed by atoms with Crippen LogP contribution in [-0.4, -0.2) is 29.7 Å². The molecule has 0 fully saturated rings. The highest BCUT2D eigenvalue weighted by Crippen LogP contribution is 2.13. The summed E-state index contributed by atoms with van der Waals surface area (Å²) < 4.78 is 9.63. The lowest BCUT2D eigenvalue weighted by Crippen LogP contribution is -2.07. The summed E-state index contributed by atoms with van der Waals surface area (Å²) in [6.07, 6.45) is 2.68. The summed E-state index contributed by atoms with van der Waals surface area (Å²) in [6.45, 7) is 2.25. The third kappa shape index (κ3) is 2.14. The molecule has 5 heteroatoms. The number of hydrogen-bond donors (Lipinski definition) is 0. The molecule has 1 rings (SSSR count). The van der Waals surface area contributed by atoms with E-state index in [0.717, 1.165) is 0 Å². The molecule has 0 spiro atoms. The van der Waals surface area contributed by atoms with Crippen LogP contribution in [0.15, 0.2) is 12.5 Å². The van der Waals surface area contributed by atoms with Gasteiger partial charge in [-0.05, 0) is 6.92 Å². The number of ether oxygens (including phenoxy) is 2. The number of rotatable bonds is 3. The molecule has 70 valence electrons. The van der Waals surface area contributed by atoms with Crippen LogP contribution in [0.25, 0.3) is 0 Å². The highest BCUT2D eigenvalue weighted by Gasteiger charge is 2.13. The van der Waals surface area contributed by atoms with E-state index < -0.39 is 5.97 Å². The zero-order valence-corrected chi connectivity index (χ0v) is 7.48. The average Bonchev–Trinajstić information content (AvgIpc) is 2.18. The molecule has 13 heavy (non-hydrogen) atoms. The van der Waals surface area contributed by atoms with Crippen LogP contribution in [0.5, 0.6) is 5.88 Å². The van der Waals surface area contributed by atoms with Gasteiger partial charge in [0, 0.05) is 6.20 Å². The summed E-state index contributed by atoms with van der Waals surface area (Å²) >= 11 is 0. The number of nitrogens with zero attached hydrogens (tertiary/aromatic N) is 2. The Kier molecular flexibility index (Phi) is 3.19. The minimum Gasteiger partial charge on any atom is -0.477 e. The minimum absolute atomic E-state index is 0.242. The number of methoxy groups -OCH3 is 1. The van der Waals surface area contributed by atoms with Gasteiger partial charge in [0.05, 0.1) is 13.7 Å². The van der Waals surface area contributed by atoms with Crippen molar-refractivity contribution in [3.8, 4) is 5.88 Å². The van der Waals surface area contributed by atoms with E-state index in [9.17, 15) is 4.79 Å². The van der Waals surface area contributed by atoms with Crippen molar-refractivity contribution in [1.82, 2.24) is 9.97 Å². The van der Waals surface area contributed by atoms with Crippen molar-refractivity contribution in [2.45, 2.75) is 6.92 Å². The third-order valence-corrected chi connectivity index (χ3v) is 1.36. The number of hydrogen-bond acceptors (Lipinski definition) is 5. The molecular weight excluding hydrogens is 172 g/mol. The van der Waals surface area contributed by atoms with Crippen LogP contribution >= 0.6 is 0 Å². The maximum absolute atomic E-state index is 11.1. The van der Waals surface area contributed by atoms with Gasteiger partial charge in [0.15, 0.2) is 0 Å². The second-order valence-electron chi connectivity index (χ2n) is 2.17. The van der Waals surface area contributed by atoms with Crippen molar-refractivity contribution in [3.05, 3.63) is 18.1 Å². The zero-order chi connectivity index (χ0) is 9.68. The fraction of sp³-hybridized carbons (Fsp3) is 0.375. The van der Waals surface area contributed by atoms with E-state index >= 15 is 0 Å².